The van der Waals surface area contributed by atoms with Gasteiger partial charge in [0.1, 0.15) is 67.0 Å². The lowest BCUT2D eigenvalue weighted by Gasteiger charge is -2.13. The molecule has 0 radical (unpaired) electrons. The third kappa shape index (κ3) is 15.9. The van der Waals surface area contributed by atoms with E-state index in [4.69, 9.17) is 71.4 Å². The van der Waals surface area contributed by atoms with E-state index in [0.29, 0.717) is 52.4 Å². The second-order valence-corrected chi connectivity index (χ2v) is 37.2. The van der Waals surface area contributed by atoms with E-state index in [-0.39, 0.29) is 0 Å². The van der Waals surface area contributed by atoms with Crippen LogP contribution in [0.5, 0.6) is 0 Å². The third-order valence-corrected chi connectivity index (χ3v) is 28.1. The smallest absolute Gasteiger partial charge is 0.164 e. The molecule has 0 bridgehead atoms. The summed E-state index contributed by atoms with van der Waals surface area (Å²) in [6.45, 7) is 0. The number of benzene rings is 21. The van der Waals surface area contributed by atoms with Crippen LogP contribution in [0.4, 0.5) is 0 Å². The highest BCUT2D eigenvalue weighted by atomic mass is 16.3. The third-order valence-electron chi connectivity index (χ3n) is 28.1. The summed E-state index contributed by atoms with van der Waals surface area (Å²) in [5.41, 5.74) is 31.2. The van der Waals surface area contributed by atoms with E-state index in [1.165, 1.54) is 22.3 Å². The first kappa shape index (κ1) is 87.3. The van der Waals surface area contributed by atoms with Gasteiger partial charge in [-0.15, -0.1) is 0 Å². The molecule has 0 saturated heterocycles. The molecule has 0 N–H and O–H groups in total. The summed E-state index contributed by atoms with van der Waals surface area (Å²) in [7, 11) is 0. The minimum atomic E-state index is 0.568. The number of aromatic nitrogens is 9. The highest BCUT2D eigenvalue weighted by Crippen LogP contribution is 2.47. The molecule has 702 valence electrons. The number of rotatable bonds is 15. The van der Waals surface area contributed by atoms with Gasteiger partial charge in [0.15, 0.2) is 52.4 Å². The average molecular weight is 1930 g/mol. The van der Waals surface area contributed by atoms with Crippen molar-refractivity contribution in [3.63, 3.8) is 0 Å². The molecule has 15 heteroatoms. The molecule has 150 heavy (non-hydrogen) atoms. The van der Waals surface area contributed by atoms with Crippen molar-refractivity contribution in [3.8, 4) is 169 Å². The summed E-state index contributed by atoms with van der Waals surface area (Å²) in [6, 6.07) is 167. The van der Waals surface area contributed by atoms with Crippen LogP contribution in [0.25, 0.3) is 301 Å². The highest BCUT2D eigenvalue weighted by molar-refractivity contribution is 6.18. The summed E-state index contributed by atoms with van der Waals surface area (Å²) < 4.78 is 37.6. The molecular formula is C135H81N9O6. The molecule has 9 aromatic heterocycles. The molecule has 0 aliphatic rings. The topological polar surface area (TPSA) is 195 Å². The van der Waals surface area contributed by atoms with E-state index < -0.39 is 0 Å². The standard InChI is InChI=1S/3C45H27N3O2/c1-3-13-28(14-4-1)30-25-31(29-15-5-2-6-16-29)27-32(26-30)43-46-44(35-19-11-23-39-41(35)33-17-7-9-21-37(33)49-39)48-45(47-43)36-20-12-24-40-42(36)34-18-8-10-22-38(34)50-40;1-2-12-28(13-3-1)29-14-8-15-30(26-29)31-16-9-17-32(27-31)43-46-44(35-20-10-24-39-41(35)33-18-4-6-22-37(33)49-39)48-45(47-43)36-21-11-25-40-42(36)34-19-5-7-23-38(34)50-40;1-2-10-28(11-3-1)29-20-22-30(23-21-29)31-24-26-32(27-25-31)43-46-44(35-14-8-18-39-41(35)33-12-4-6-16-37(33)49-39)48-45(47-43)36-15-9-19-40-42(36)34-13-5-7-17-38(34)50-40/h3*1-27H. The highest BCUT2D eigenvalue weighted by Gasteiger charge is 2.28. The van der Waals surface area contributed by atoms with Crippen molar-refractivity contribution >= 4 is 132 Å². The Hall–Kier alpha value is -20.6. The van der Waals surface area contributed by atoms with Crippen LogP contribution < -0.4 is 0 Å². The van der Waals surface area contributed by atoms with Crippen LogP contribution in [0, 0.1) is 0 Å². The van der Waals surface area contributed by atoms with E-state index in [1.54, 1.807) is 0 Å². The lowest BCUT2D eigenvalue weighted by molar-refractivity contribution is 0.668. The van der Waals surface area contributed by atoms with Crippen LogP contribution in [0.3, 0.4) is 0 Å². The predicted octanol–water partition coefficient (Wildman–Crippen LogP) is 36.0. The number of hydrogen-bond acceptors (Lipinski definition) is 15. The van der Waals surface area contributed by atoms with E-state index >= 15 is 0 Å². The summed E-state index contributed by atoms with van der Waals surface area (Å²) in [5.74, 6) is 5.18. The van der Waals surface area contributed by atoms with Gasteiger partial charge in [-0.1, -0.05) is 388 Å². The Bertz CT molecular complexity index is 10000. The molecule has 9 heterocycles. The van der Waals surface area contributed by atoms with E-state index in [9.17, 15) is 0 Å². The molecule has 0 atom stereocenters. The summed E-state index contributed by atoms with van der Waals surface area (Å²) in [4.78, 5) is 46.7. The van der Waals surface area contributed by atoms with Crippen LogP contribution in [0.2, 0.25) is 0 Å². The lowest BCUT2D eigenvalue weighted by Crippen LogP contribution is -2.01. The summed E-state index contributed by atoms with van der Waals surface area (Å²) in [5, 5.41) is 12.0. The fraction of sp³-hybridized carbons (Fsp3) is 0. The summed E-state index contributed by atoms with van der Waals surface area (Å²) in [6.07, 6.45) is 0. The second-order valence-electron chi connectivity index (χ2n) is 37.2. The number of para-hydroxylation sites is 6. The zero-order chi connectivity index (χ0) is 99.1. The van der Waals surface area contributed by atoms with Crippen molar-refractivity contribution in [2.75, 3.05) is 0 Å². The van der Waals surface area contributed by atoms with Gasteiger partial charge in [0.05, 0.1) is 0 Å². The SMILES string of the molecule is c1ccc(-c2cc(-c3ccccc3)cc(-c3nc(-c4cccc5oc6ccccc6c45)nc(-c4cccc5oc6ccccc6c45)n3)c2)cc1.c1ccc(-c2ccc(-c3ccc(-c4nc(-c5cccc6oc7ccccc7c56)nc(-c5cccc6oc7ccccc7c56)n4)cc3)cc2)cc1.c1ccc(-c2cccc(-c3cccc(-c4nc(-c5cccc6oc7ccccc7c56)nc(-c5cccc6oc7ccccc7c56)n4)c3)c2)cc1. The van der Waals surface area contributed by atoms with Gasteiger partial charge in [-0.3, -0.25) is 0 Å². The van der Waals surface area contributed by atoms with Gasteiger partial charge in [0.25, 0.3) is 0 Å². The Morgan fingerprint density at radius 1 is 0.100 bits per heavy atom. The maximum Gasteiger partial charge on any atom is 0.164 e. The maximum absolute atomic E-state index is 6.29. The van der Waals surface area contributed by atoms with Crippen molar-refractivity contribution in [2.24, 2.45) is 0 Å². The quantitative estimate of drug-likeness (QED) is 0.0939. The van der Waals surface area contributed by atoms with E-state index in [2.05, 4.69) is 285 Å². The van der Waals surface area contributed by atoms with Gasteiger partial charge in [0.2, 0.25) is 0 Å². The van der Waals surface area contributed by atoms with Crippen LogP contribution in [-0.2, 0) is 0 Å². The van der Waals surface area contributed by atoms with E-state index in [0.717, 1.165) is 226 Å². The van der Waals surface area contributed by atoms with E-state index in [1.807, 2.05) is 206 Å². The molecule has 0 unspecified atom stereocenters. The normalized spacial score (nSPS) is 11.6. The second kappa shape index (κ2) is 37.0. The monoisotopic (exact) mass is 1920 g/mol. The van der Waals surface area contributed by atoms with Crippen LogP contribution >= 0.6 is 0 Å². The van der Waals surface area contributed by atoms with Gasteiger partial charge in [-0.05, 0) is 170 Å². The molecule has 0 amide bonds. The van der Waals surface area contributed by atoms with Crippen molar-refractivity contribution in [3.05, 3.63) is 491 Å². The largest absolute Gasteiger partial charge is 0.456 e. The zero-order valence-corrected chi connectivity index (χ0v) is 80.2. The number of furan rings is 6. The molecule has 0 aliphatic carbocycles. The molecule has 30 rings (SSSR count). The predicted molar refractivity (Wildman–Crippen MR) is 605 cm³/mol. The van der Waals surface area contributed by atoms with Crippen LogP contribution in [0.15, 0.2) is 518 Å². The Labute approximate surface area is 857 Å². The molecule has 0 aliphatic heterocycles. The van der Waals surface area contributed by atoms with Crippen molar-refractivity contribution in [2.45, 2.75) is 0 Å². The van der Waals surface area contributed by atoms with Crippen molar-refractivity contribution in [1.29, 1.82) is 0 Å². The van der Waals surface area contributed by atoms with Crippen molar-refractivity contribution < 1.29 is 26.5 Å². The molecule has 30 aromatic rings. The van der Waals surface area contributed by atoms with Crippen molar-refractivity contribution in [1.82, 2.24) is 44.9 Å². The first-order valence-corrected chi connectivity index (χ1v) is 49.8. The molecule has 0 fully saturated rings. The molecule has 21 aromatic carbocycles. The molecule has 0 saturated carbocycles. The fourth-order valence-corrected chi connectivity index (χ4v) is 21.0. The number of fused-ring (bicyclic) bond motifs is 18. The van der Waals surface area contributed by atoms with Gasteiger partial charge in [-0.2, -0.15) is 0 Å². The first-order valence-electron chi connectivity index (χ1n) is 49.8. The zero-order valence-electron chi connectivity index (χ0n) is 80.2. The minimum Gasteiger partial charge on any atom is -0.456 e. The number of nitrogens with zero attached hydrogens (tertiary/aromatic N) is 9. The Balaban J connectivity index is 0.000000108. The van der Waals surface area contributed by atoms with Gasteiger partial charge < -0.3 is 26.5 Å². The van der Waals surface area contributed by atoms with Crippen LogP contribution in [0.1, 0.15) is 0 Å². The van der Waals surface area contributed by atoms with Gasteiger partial charge in [-0.25, -0.2) is 44.9 Å². The molecule has 0 spiro atoms. The Kier molecular flexibility index (Phi) is 21.5. The lowest BCUT2D eigenvalue weighted by atomic mass is 9.95. The molecular weight excluding hydrogens is 1840 g/mol. The average Bonchev–Trinajstić information content (AvgIpc) is 1.51. The molecule has 15 nitrogen and oxygen atoms in total. The van der Waals surface area contributed by atoms with Crippen LogP contribution in [-0.4, -0.2) is 44.9 Å². The maximum atomic E-state index is 6.29. The minimum absolute atomic E-state index is 0.568. The Morgan fingerprint density at radius 3 is 0.533 bits per heavy atom. The van der Waals surface area contributed by atoms with Gasteiger partial charge in [0, 0.05) is 115 Å². The van der Waals surface area contributed by atoms with Gasteiger partial charge >= 0.3 is 0 Å². The first-order chi connectivity index (χ1) is 74.3. The Morgan fingerprint density at radius 2 is 0.260 bits per heavy atom. The number of hydrogen-bond donors (Lipinski definition) is 0. The summed E-state index contributed by atoms with van der Waals surface area (Å²) >= 11 is 0. The fourth-order valence-electron chi connectivity index (χ4n) is 21.0.